The van der Waals surface area contributed by atoms with Gasteiger partial charge in [-0.1, -0.05) is 62.7 Å². The van der Waals surface area contributed by atoms with E-state index in [0.717, 1.165) is 25.2 Å². The zero-order chi connectivity index (χ0) is 20.4. The van der Waals surface area contributed by atoms with Crippen LogP contribution in [-0.4, -0.2) is 54.0 Å². The number of likely N-dealkylation sites (tertiary alicyclic amines) is 1. The van der Waals surface area contributed by atoms with E-state index in [1.165, 1.54) is 34.9 Å². The van der Waals surface area contributed by atoms with Gasteiger partial charge in [0.05, 0.1) is 0 Å². The summed E-state index contributed by atoms with van der Waals surface area (Å²) in [6.07, 6.45) is 4.46. The van der Waals surface area contributed by atoms with Crippen LogP contribution in [0.5, 0.6) is 0 Å². The molecular weight excluding hydrogens is 362 g/mol. The fourth-order valence-corrected chi connectivity index (χ4v) is 4.51. The predicted molar refractivity (Wildman–Crippen MR) is 116 cm³/mol. The van der Waals surface area contributed by atoms with E-state index in [4.69, 9.17) is 0 Å². The van der Waals surface area contributed by atoms with E-state index in [2.05, 4.69) is 54.4 Å². The first-order valence-electron chi connectivity index (χ1n) is 10.8. The Morgan fingerprint density at radius 3 is 2.48 bits per heavy atom. The number of nitrogens with one attached hydrogen (secondary N) is 1. The summed E-state index contributed by atoms with van der Waals surface area (Å²) < 4.78 is 0. The van der Waals surface area contributed by atoms with Gasteiger partial charge in [-0.25, -0.2) is 4.79 Å². The molecule has 2 aliphatic rings. The van der Waals surface area contributed by atoms with Crippen molar-refractivity contribution in [3.05, 3.63) is 48.0 Å². The molecule has 5 heteroatoms. The number of fused-ring (bicyclic) bond motifs is 1. The fraction of sp³-hybridized carbons (Fsp3) is 0.500. The van der Waals surface area contributed by atoms with Gasteiger partial charge in [0, 0.05) is 18.5 Å². The number of rotatable bonds is 6. The SMILES string of the molecule is CC(C)(CN1C(=O)NC(CCN2CCCCC2)C1=O)c1ccc2ccccc2c1. The van der Waals surface area contributed by atoms with E-state index in [0.29, 0.717) is 13.0 Å². The van der Waals surface area contributed by atoms with Crippen LogP contribution in [0.1, 0.15) is 45.1 Å². The Bertz CT molecular complexity index is 902. The highest BCUT2D eigenvalue weighted by Gasteiger charge is 2.40. The minimum Gasteiger partial charge on any atom is -0.326 e. The lowest BCUT2D eigenvalue weighted by atomic mass is 9.83. The average Bonchev–Trinajstić information content (AvgIpc) is 3.00. The summed E-state index contributed by atoms with van der Waals surface area (Å²) >= 11 is 0. The average molecular weight is 394 g/mol. The third-order valence-electron chi connectivity index (χ3n) is 6.37. The van der Waals surface area contributed by atoms with Crippen LogP contribution in [0.2, 0.25) is 0 Å². The molecule has 2 aromatic carbocycles. The van der Waals surface area contributed by atoms with Crippen molar-refractivity contribution in [2.45, 2.75) is 51.0 Å². The molecule has 3 amide bonds. The molecule has 0 aliphatic carbocycles. The monoisotopic (exact) mass is 393 g/mol. The Labute approximate surface area is 173 Å². The third-order valence-corrected chi connectivity index (χ3v) is 6.37. The summed E-state index contributed by atoms with van der Waals surface area (Å²) in [5.41, 5.74) is 0.812. The number of amides is 3. The van der Waals surface area contributed by atoms with Gasteiger partial charge in [0.25, 0.3) is 5.91 Å². The van der Waals surface area contributed by atoms with Crippen LogP contribution >= 0.6 is 0 Å². The molecule has 1 unspecified atom stereocenters. The van der Waals surface area contributed by atoms with E-state index < -0.39 is 6.04 Å². The molecule has 1 N–H and O–H groups in total. The van der Waals surface area contributed by atoms with Gasteiger partial charge >= 0.3 is 6.03 Å². The molecule has 154 valence electrons. The third kappa shape index (κ3) is 4.30. The lowest BCUT2D eigenvalue weighted by Gasteiger charge is -2.30. The molecule has 0 aromatic heterocycles. The van der Waals surface area contributed by atoms with Crippen molar-refractivity contribution in [3.63, 3.8) is 0 Å². The van der Waals surface area contributed by atoms with Gasteiger partial charge < -0.3 is 10.2 Å². The van der Waals surface area contributed by atoms with Crippen molar-refractivity contribution in [2.75, 3.05) is 26.2 Å². The summed E-state index contributed by atoms with van der Waals surface area (Å²) in [4.78, 5) is 29.3. The highest BCUT2D eigenvalue weighted by atomic mass is 16.2. The molecule has 0 saturated carbocycles. The van der Waals surface area contributed by atoms with Crippen LogP contribution in [0.25, 0.3) is 10.8 Å². The van der Waals surface area contributed by atoms with Crippen molar-refractivity contribution < 1.29 is 9.59 Å². The van der Waals surface area contributed by atoms with Crippen LogP contribution in [0.3, 0.4) is 0 Å². The maximum absolute atomic E-state index is 12.9. The first-order valence-corrected chi connectivity index (χ1v) is 10.8. The van der Waals surface area contributed by atoms with E-state index in [1.807, 2.05) is 12.1 Å². The molecule has 2 aliphatic heterocycles. The molecule has 5 nitrogen and oxygen atoms in total. The van der Waals surface area contributed by atoms with Crippen molar-refractivity contribution in [1.29, 1.82) is 0 Å². The number of imide groups is 1. The number of carbonyl (C=O) groups is 2. The maximum Gasteiger partial charge on any atom is 0.324 e. The van der Waals surface area contributed by atoms with E-state index in [-0.39, 0.29) is 17.4 Å². The second kappa shape index (κ2) is 8.15. The Hall–Kier alpha value is -2.40. The topological polar surface area (TPSA) is 52.7 Å². The Kier molecular flexibility index (Phi) is 5.59. The molecule has 2 heterocycles. The van der Waals surface area contributed by atoms with Crippen LogP contribution in [0.4, 0.5) is 4.79 Å². The molecule has 0 radical (unpaired) electrons. The van der Waals surface area contributed by atoms with Crippen molar-refractivity contribution in [1.82, 2.24) is 15.1 Å². The normalized spacial score (nSPS) is 21.0. The quantitative estimate of drug-likeness (QED) is 0.757. The Balaban J connectivity index is 1.42. The van der Waals surface area contributed by atoms with Crippen LogP contribution in [-0.2, 0) is 10.2 Å². The van der Waals surface area contributed by atoms with Gasteiger partial charge in [-0.2, -0.15) is 0 Å². The van der Waals surface area contributed by atoms with Crippen molar-refractivity contribution in [2.24, 2.45) is 0 Å². The highest BCUT2D eigenvalue weighted by molar-refractivity contribution is 6.04. The number of carbonyl (C=O) groups excluding carboxylic acids is 2. The number of hydrogen-bond donors (Lipinski definition) is 1. The standard InChI is InChI=1S/C24H31N3O2/c1-24(2,20-11-10-18-8-4-5-9-19(18)16-20)17-27-22(28)21(25-23(27)29)12-15-26-13-6-3-7-14-26/h4-5,8-11,16,21H,3,6-7,12-15,17H2,1-2H3,(H,25,29). The number of hydrogen-bond acceptors (Lipinski definition) is 3. The van der Waals surface area contributed by atoms with Gasteiger partial charge in [-0.3, -0.25) is 9.69 Å². The van der Waals surface area contributed by atoms with Gasteiger partial charge in [-0.05, 0) is 48.7 Å². The lowest BCUT2D eigenvalue weighted by Crippen LogP contribution is -2.41. The maximum atomic E-state index is 12.9. The first kappa shape index (κ1) is 19.9. The fourth-order valence-electron chi connectivity index (χ4n) is 4.51. The Morgan fingerprint density at radius 2 is 1.72 bits per heavy atom. The zero-order valence-electron chi connectivity index (χ0n) is 17.5. The summed E-state index contributed by atoms with van der Waals surface area (Å²) in [6.45, 7) is 7.66. The largest absolute Gasteiger partial charge is 0.326 e. The summed E-state index contributed by atoms with van der Waals surface area (Å²) in [5.74, 6) is -0.0825. The molecular formula is C24H31N3O2. The van der Waals surface area contributed by atoms with Gasteiger partial charge in [0.2, 0.25) is 0 Å². The number of nitrogens with zero attached hydrogens (tertiary/aromatic N) is 2. The van der Waals surface area contributed by atoms with Crippen LogP contribution in [0, 0.1) is 0 Å². The van der Waals surface area contributed by atoms with Gasteiger partial charge in [-0.15, -0.1) is 0 Å². The molecule has 29 heavy (non-hydrogen) atoms. The lowest BCUT2D eigenvalue weighted by molar-refractivity contribution is -0.128. The summed E-state index contributed by atoms with van der Waals surface area (Å²) in [5, 5.41) is 5.28. The van der Waals surface area contributed by atoms with Crippen molar-refractivity contribution >= 4 is 22.7 Å². The van der Waals surface area contributed by atoms with Gasteiger partial charge in [0.15, 0.2) is 0 Å². The highest BCUT2D eigenvalue weighted by Crippen LogP contribution is 2.29. The molecule has 2 fully saturated rings. The van der Waals surface area contributed by atoms with Crippen LogP contribution in [0.15, 0.2) is 42.5 Å². The summed E-state index contributed by atoms with van der Waals surface area (Å²) in [7, 11) is 0. The second-order valence-electron chi connectivity index (χ2n) is 9.06. The second-order valence-corrected chi connectivity index (χ2v) is 9.06. The molecule has 4 rings (SSSR count). The Morgan fingerprint density at radius 1 is 1.00 bits per heavy atom. The molecule has 1 atom stereocenters. The van der Waals surface area contributed by atoms with E-state index in [9.17, 15) is 9.59 Å². The minimum absolute atomic E-state index is 0.0825. The molecule has 0 bridgehead atoms. The smallest absolute Gasteiger partial charge is 0.324 e. The number of piperidine rings is 1. The molecule has 0 spiro atoms. The number of urea groups is 1. The molecule has 2 saturated heterocycles. The van der Waals surface area contributed by atoms with E-state index >= 15 is 0 Å². The van der Waals surface area contributed by atoms with Crippen molar-refractivity contribution in [3.8, 4) is 0 Å². The first-order chi connectivity index (χ1) is 13.9. The minimum atomic E-state index is -0.392. The van der Waals surface area contributed by atoms with Crippen LogP contribution < -0.4 is 5.32 Å². The molecule has 2 aromatic rings. The number of benzene rings is 2. The van der Waals surface area contributed by atoms with E-state index in [1.54, 1.807) is 0 Å². The summed E-state index contributed by atoms with van der Waals surface area (Å²) in [6, 6.07) is 14.0. The van der Waals surface area contributed by atoms with Gasteiger partial charge in [0.1, 0.15) is 6.04 Å². The zero-order valence-corrected chi connectivity index (χ0v) is 17.5. The predicted octanol–water partition coefficient (Wildman–Crippen LogP) is 3.91.